The van der Waals surface area contributed by atoms with E-state index in [9.17, 15) is 9.90 Å². The first-order valence-corrected chi connectivity index (χ1v) is 9.01. The van der Waals surface area contributed by atoms with E-state index in [1.165, 1.54) is 0 Å². The molecule has 3 aromatic rings. The molecule has 3 rings (SSSR count). The molecule has 0 saturated heterocycles. The van der Waals surface area contributed by atoms with Crippen LogP contribution in [-0.2, 0) is 4.74 Å². The number of rotatable bonds is 4. The van der Waals surface area contributed by atoms with Crippen molar-refractivity contribution in [3.05, 3.63) is 56.9 Å². The molecule has 5 nitrogen and oxygen atoms in total. The first kappa shape index (κ1) is 18.8. The van der Waals surface area contributed by atoms with Crippen LogP contribution in [0.4, 0.5) is 0 Å². The molecule has 0 bridgehead atoms. The monoisotopic (exact) mass is 412 g/mol. The first-order chi connectivity index (χ1) is 12.4. The molecule has 1 atom stereocenters. The maximum Gasteiger partial charge on any atom is 0.360 e. The van der Waals surface area contributed by atoms with Crippen molar-refractivity contribution in [2.24, 2.45) is 0 Å². The highest BCUT2D eigenvalue weighted by Gasteiger charge is 2.28. The van der Waals surface area contributed by atoms with E-state index in [2.05, 4.69) is 4.98 Å². The van der Waals surface area contributed by atoms with E-state index in [1.54, 1.807) is 11.5 Å². The number of pyridine rings is 1. The normalized spacial score (nSPS) is 12.3. The van der Waals surface area contributed by atoms with Gasteiger partial charge in [0.2, 0.25) is 0 Å². The number of ether oxygens (including phenoxy) is 1. The van der Waals surface area contributed by atoms with Gasteiger partial charge in [-0.1, -0.05) is 65.1 Å². The second kappa shape index (κ2) is 7.35. The van der Waals surface area contributed by atoms with Gasteiger partial charge in [0, 0.05) is 0 Å². The molecule has 0 aliphatic carbocycles. The number of nitrogens with zero attached hydrogens (tertiary/aromatic N) is 2. The Morgan fingerprint density at radius 1 is 1.27 bits per heavy atom. The van der Waals surface area contributed by atoms with Crippen LogP contribution >= 0.6 is 34.8 Å². The van der Waals surface area contributed by atoms with Gasteiger partial charge in [-0.2, -0.15) is 0 Å². The van der Waals surface area contributed by atoms with Gasteiger partial charge in [0.15, 0.2) is 16.6 Å². The van der Waals surface area contributed by atoms with Crippen molar-refractivity contribution < 1.29 is 14.6 Å². The summed E-state index contributed by atoms with van der Waals surface area (Å²) in [5, 5.41) is 11.0. The third-order valence-electron chi connectivity index (χ3n) is 4.09. The van der Waals surface area contributed by atoms with Crippen LogP contribution in [0.25, 0.3) is 10.9 Å². The van der Waals surface area contributed by atoms with E-state index in [0.29, 0.717) is 5.52 Å². The first-order valence-electron chi connectivity index (χ1n) is 7.87. The second-order valence-corrected chi connectivity index (χ2v) is 6.70. The molecule has 8 heteroatoms. The molecule has 0 fully saturated rings. The molecule has 0 spiro atoms. The number of aromatic nitrogens is 2. The van der Waals surface area contributed by atoms with Crippen molar-refractivity contribution in [1.82, 2.24) is 9.55 Å². The van der Waals surface area contributed by atoms with Gasteiger partial charge in [0.1, 0.15) is 5.15 Å². The molecule has 0 saturated carbocycles. The zero-order valence-corrected chi connectivity index (χ0v) is 16.2. The highest BCUT2D eigenvalue weighted by molar-refractivity contribution is 6.47. The Balaban J connectivity index is 2.29. The Kier molecular flexibility index (Phi) is 5.32. The van der Waals surface area contributed by atoms with E-state index in [0.717, 1.165) is 5.56 Å². The van der Waals surface area contributed by atoms with Crippen molar-refractivity contribution in [1.29, 1.82) is 0 Å². The van der Waals surface area contributed by atoms with Gasteiger partial charge in [-0.3, -0.25) is 0 Å². The summed E-state index contributed by atoms with van der Waals surface area (Å²) in [6, 6.07) is 9.37. The van der Waals surface area contributed by atoms with Crippen LogP contribution in [0.2, 0.25) is 15.3 Å². The third-order valence-corrected chi connectivity index (χ3v) is 5.19. The topological polar surface area (TPSA) is 64.3 Å². The summed E-state index contributed by atoms with van der Waals surface area (Å²) in [5.41, 5.74) is 1.02. The molecule has 2 aromatic heterocycles. The minimum Gasteiger partial charge on any atom is -0.505 e. The maximum absolute atomic E-state index is 12.0. The van der Waals surface area contributed by atoms with E-state index in [-0.39, 0.29) is 39.1 Å². The summed E-state index contributed by atoms with van der Waals surface area (Å²) in [6.07, 6.45) is 0. The Hall–Kier alpha value is -1.95. The number of hydrogen-bond donors (Lipinski definition) is 1. The molecule has 2 heterocycles. The minimum absolute atomic E-state index is 0.00238. The number of fused-ring (bicyclic) bond motifs is 1. The molecule has 0 amide bonds. The summed E-state index contributed by atoms with van der Waals surface area (Å²) in [6.45, 7) is 3.71. The van der Waals surface area contributed by atoms with Crippen molar-refractivity contribution in [3.63, 3.8) is 0 Å². The van der Waals surface area contributed by atoms with Gasteiger partial charge in [-0.15, -0.1) is 0 Å². The smallest absolute Gasteiger partial charge is 0.360 e. The lowest BCUT2D eigenvalue weighted by atomic mass is 10.1. The lowest BCUT2D eigenvalue weighted by molar-refractivity contribution is 0.0516. The quantitative estimate of drug-likeness (QED) is 0.454. The number of carbonyl (C=O) groups is 1. The standard InChI is InChI=1S/C18H15Cl3N2O3/c1-3-26-18(25)13-15(24)11-12(19)17(21)23(14(11)16(20)22-13)9(2)10-7-5-4-6-8-10/h4-9,24H,3H2,1-2H3/t9-/m0/s1. The van der Waals surface area contributed by atoms with Crippen LogP contribution < -0.4 is 0 Å². The molecule has 26 heavy (non-hydrogen) atoms. The van der Waals surface area contributed by atoms with Gasteiger partial charge < -0.3 is 14.4 Å². The molecule has 1 N–H and O–H groups in total. The van der Waals surface area contributed by atoms with Crippen LogP contribution in [0, 0.1) is 0 Å². The Bertz CT molecular complexity index is 987. The average molecular weight is 414 g/mol. The molecular weight excluding hydrogens is 399 g/mol. The number of hydrogen-bond acceptors (Lipinski definition) is 4. The predicted molar refractivity (Wildman–Crippen MR) is 103 cm³/mol. The summed E-state index contributed by atoms with van der Waals surface area (Å²) in [7, 11) is 0. The number of benzene rings is 1. The molecule has 0 aliphatic rings. The Labute approximate surface area is 165 Å². The van der Waals surface area contributed by atoms with Crippen LogP contribution in [0.15, 0.2) is 30.3 Å². The van der Waals surface area contributed by atoms with Crippen LogP contribution in [0.3, 0.4) is 0 Å². The Morgan fingerprint density at radius 3 is 2.54 bits per heavy atom. The summed E-state index contributed by atoms with van der Waals surface area (Å²) in [5.74, 6) is -1.20. The molecule has 0 radical (unpaired) electrons. The minimum atomic E-state index is -0.787. The van der Waals surface area contributed by atoms with Crippen LogP contribution in [-0.4, -0.2) is 27.2 Å². The largest absolute Gasteiger partial charge is 0.505 e. The molecule has 0 unspecified atom stereocenters. The third kappa shape index (κ3) is 3.00. The van der Waals surface area contributed by atoms with Gasteiger partial charge in [-0.05, 0) is 19.4 Å². The lowest BCUT2D eigenvalue weighted by Gasteiger charge is -2.17. The van der Waals surface area contributed by atoms with Crippen molar-refractivity contribution in [2.45, 2.75) is 19.9 Å². The number of halogens is 3. The van der Waals surface area contributed by atoms with Crippen LogP contribution in [0.5, 0.6) is 5.75 Å². The second-order valence-electron chi connectivity index (χ2n) is 5.61. The average Bonchev–Trinajstić information content (AvgIpc) is 2.90. The molecule has 136 valence electrons. The van der Waals surface area contributed by atoms with E-state index in [4.69, 9.17) is 39.5 Å². The Morgan fingerprint density at radius 2 is 1.92 bits per heavy atom. The molecule has 1 aromatic carbocycles. The molecular formula is C18H15Cl3N2O3. The van der Waals surface area contributed by atoms with Gasteiger partial charge in [0.05, 0.1) is 28.6 Å². The number of aromatic hydroxyl groups is 1. The van der Waals surface area contributed by atoms with Gasteiger partial charge in [-0.25, -0.2) is 9.78 Å². The lowest BCUT2D eigenvalue weighted by Crippen LogP contribution is -2.10. The van der Waals surface area contributed by atoms with E-state index in [1.807, 2.05) is 37.3 Å². The predicted octanol–water partition coefficient (Wildman–Crippen LogP) is 5.49. The van der Waals surface area contributed by atoms with Crippen molar-refractivity contribution >= 4 is 51.7 Å². The highest BCUT2D eigenvalue weighted by Crippen LogP contribution is 2.45. The van der Waals surface area contributed by atoms with Crippen molar-refractivity contribution in [2.75, 3.05) is 6.61 Å². The fourth-order valence-electron chi connectivity index (χ4n) is 2.86. The summed E-state index contributed by atoms with van der Waals surface area (Å²) >= 11 is 19.1. The van der Waals surface area contributed by atoms with Gasteiger partial charge in [0.25, 0.3) is 0 Å². The van der Waals surface area contributed by atoms with Crippen LogP contribution in [0.1, 0.15) is 35.9 Å². The molecule has 0 aliphatic heterocycles. The number of carbonyl (C=O) groups excluding carboxylic acids is 1. The summed E-state index contributed by atoms with van der Waals surface area (Å²) < 4.78 is 6.58. The fraction of sp³-hybridized carbons (Fsp3) is 0.222. The zero-order chi connectivity index (χ0) is 19.0. The summed E-state index contributed by atoms with van der Waals surface area (Å²) in [4.78, 5) is 16.0. The zero-order valence-electron chi connectivity index (χ0n) is 14.0. The van der Waals surface area contributed by atoms with E-state index < -0.39 is 11.7 Å². The number of esters is 1. The van der Waals surface area contributed by atoms with Crippen molar-refractivity contribution in [3.8, 4) is 5.75 Å². The maximum atomic E-state index is 12.0. The van der Waals surface area contributed by atoms with E-state index >= 15 is 0 Å². The van der Waals surface area contributed by atoms with Gasteiger partial charge >= 0.3 is 5.97 Å². The fourth-order valence-corrected chi connectivity index (χ4v) is 3.72. The highest BCUT2D eigenvalue weighted by atomic mass is 35.5. The SMILES string of the molecule is CCOC(=O)c1nc(Cl)c2c(c1O)c(Cl)c(Cl)n2[C@@H](C)c1ccccc1.